The molecule has 7 heteroatoms. The minimum atomic E-state index is -0.449. The number of carbonyl (C=O) groups is 2. The fourth-order valence-electron chi connectivity index (χ4n) is 5.12. The fourth-order valence-corrected chi connectivity index (χ4v) is 5.12. The first-order chi connectivity index (χ1) is 17.9. The molecule has 0 unspecified atom stereocenters. The summed E-state index contributed by atoms with van der Waals surface area (Å²) in [6, 6.07) is 22.4. The van der Waals surface area contributed by atoms with Crippen molar-refractivity contribution < 1.29 is 14.5 Å². The number of para-hydroxylation sites is 1. The molecule has 37 heavy (non-hydrogen) atoms. The Morgan fingerprint density at radius 3 is 2.30 bits per heavy atom. The van der Waals surface area contributed by atoms with Crippen LogP contribution >= 0.6 is 0 Å². The summed E-state index contributed by atoms with van der Waals surface area (Å²) < 4.78 is 0. The normalized spacial score (nSPS) is 16.6. The van der Waals surface area contributed by atoms with Crippen LogP contribution in [-0.2, 0) is 4.79 Å². The molecule has 2 atom stereocenters. The van der Waals surface area contributed by atoms with Crippen LogP contribution in [0.25, 0.3) is 0 Å². The molecule has 4 rings (SSSR count). The van der Waals surface area contributed by atoms with E-state index in [1.54, 1.807) is 29.2 Å². The number of hydrogen-bond acceptors (Lipinski definition) is 4. The van der Waals surface area contributed by atoms with Gasteiger partial charge in [0.1, 0.15) is 0 Å². The fraction of sp³-hybridized carbons (Fsp3) is 0.333. The third-order valence-electron chi connectivity index (χ3n) is 6.96. The second kappa shape index (κ2) is 11.8. The zero-order valence-corrected chi connectivity index (χ0v) is 21.4. The highest BCUT2D eigenvalue weighted by Gasteiger charge is 2.38. The van der Waals surface area contributed by atoms with Crippen molar-refractivity contribution in [2.45, 2.75) is 64.5 Å². The molecule has 2 amide bonds. The van der Waals surface area contributed by atoms with Crippen molar-refractivity contribution in [1.82, 2.24) is 0 Å². The molecule has 0 saturated heterocycles. The first-order valence-corrected chi connectivity index (χ1v) is 13.0. The minimum Gasteiger partial charge on any atom is -0.309 e. The van der Waals surface area contributed by atoms with Gasteiger partial charge in [0.25, 0.3) is 11.6 Å². The summed E-state index contributed by atoms with van der Waals surface area (Å²) in [5, 5.41) is 11.2. The summed E-state index contributed by atoms with van der Waals surface area (Å²) in [5.74, 6) is -0.0911. The summed E-state index contributed by atoms with van der Waals surface area (Å²) >= 11 is 0. The number of non-ortho nitro benzene ring substituents is 1. The van der Waals surface area contributed by atoms with Gasteiger partial charge in [-0.1, -0.05) is 62.6 Å². The molecule has 1 aliphatic rings. The van der Waals surface area contributed by atoms with Crippen molar-refractivity contribution in [3.63, 3.8) is 0 Å². The molecule has 0 N–H and O–H groups in total. The lowest BCUT2D eigenvalue weighted by Crippen LogP contribution is -2.47. The Bertz CT molecular complexity index is 1240. The van der Waals surface area contributed by atoms with E-state index in [2.05, 4.69) is 6.92 Å². The maximum atomic E-state index is 13.9. The number of fused-ring (bicyclic) bond motifs is 1. The van der Waals surface area contributed by atoms with Crippen molar-refractivity contribution in [1.29, 1.82) is 0 Å². The van der Waals surface area contributed by atoms with Crippen LogP contribution in [-0.4, -0.2) is 22.8 Å². The monoisotopic (exact) mass is 499 g/mol. The number of nitro groups is 1. The largest absolute Gasteiger partial charge is 0.309 e. The molecule has 1 heterocycles. The second-order valence-corrected chi connectivity index (χ2v) is 9.55. The molecule has 0 aromatic heterocycles. The summed E-state index contributed by atoms with van der Waals surface area (Å²) in [6.45, 7) is 4.17. The summed E-state index contributed by atoms with van der Waals surface area (Å²) in [4.78, 5) is 41.6. The number of hydrogen-bond donors (Lipinski definition) is 0. The number of carbonyl (C=O) groups excluding carboxylic acids is 2. The molecule has 7 nitrogen and oxygen atoms in total. The van der Waals surface area contributed by atoms with E-state index in [0.29, 0.717) is 24.1 Å². The van der Waals surface area contributed by atoms with Gasteiger partial charge in [-0.25, -0.2) is 0 Å². The van der Waals surface area contributed by atoms with E-state index in [4.69, 9.17) is 0 Å². The smallest absolute Gasteiger partial charge is 0.269 e. The molecule has 0 fully saturated rings. The van der Waals surface area contributed by atoms with Gasteiger partial charge in [0, 0.05) is 41.5 Å². The van der Waals surface area contributed by atoms with Crippen molar-refractivity contribution in [2.75, 3.05) is 9.80 Å². The van der Waals surface area contributed by atoms with Gasteiger partial charge in [0.2, 0.25) is 5.91 Å². The topological polar surface area (TPSA) is 83.8 Å². The van der Waals surface area contributed by atoms with E-state index in [1.165, 1.54) is 12.1 Å². The van der Waals surface area contributed by atoms with Gasteiger partial charge >= 0.3 is 0 Å². The van der Waals surface area contributed by atoms with Crippen LogP contribution in [0.5, 0.6) is 0 Å². The van der Waals surface area contributed by atoms with E-state index in [9.17, 15) is 19.7 Å². The van der Waals surface area contributed by atoms with Gasteiger partial charge in [-0.05, 0) is 55.7 Å². The summed E-state index contributed by atoms with van der Waals surface area (Å²) in [6.07, 6.45) is 5.18. The Kier molecular flexibility index (Phi) is 8.33. The summed E-state index contributed by atoms with van der Waals surface area (Å²) in [7, 11) is 0. The van der Waals surface area contributed by atoms with Crippen molar-refractivity contribution in [2.24, 2.45) is 0 Å². The number of nitrogens with zero attached hydrogens (tertiary/aromatic N) is 3. The van der Waals surface area contributed by atoms with E-state index in [1.807, 2.05) is 54.3 Å². The van der Waals surface area contributed by atoms with Crippen LogP contribution in [0.3, 0.4) is 0 Å². The van der Waals surface area contributed by atoms with Crippen LogP contribution in [0.1, 0.15) is 74.3 Å². The second-order valence-electron chi connectivity index (χ2n) is 9.55. The number of rotatable bonds is 9. The Morgan fingerprint density at radius 2 is 1.62 bits per heavy atom. The molecule has 0 aliphatic carbocycles. The molecule has 3 aromatic carbocycles. The highest BCUT2D eigenvalue weighted by atomic mass is 16.6. The Labute approximate surface area is 217 Å². The van der Waals surface area contributed by atoms with E-state index in [-0.39, 0.29) is 29.6 Å². The number of amides is 2. The molecule has 0 spiro atoms. The quantitative estimate of drug-likeness (QED) is 0.179. The van der Waals surface area contributed by atoms with Gasteiger partial charge in [0.15, 0.2) is 0 Å². The molecule has 3 aromatic rings. The van der Waals surface area contributed by atoms with Crippen LogP contribution in [0, 0.1) is 10.1 Å². The lowest BCUT2D eigenvalue weighted by atomic mass is 9.89. The highest BCUT2D eigenvalue weighted by molar-refractivity contribution is 6.07. The number of anilines is 2. The third-order valence-corrected chi connectivity index (χ3v) is 6.96. The summed E-state index contributed by atoms with van der Waals surface area (Å²) in [5.41, 5.74) is 2.78. The average molecular weight is 500 g/mol. The predicted molar refractivity (Wildman–Crippen MR) is 146 cm³/mol. The zero-order chi connectivity index (χ0) is 26.4. The number of unbranched alkanes of at least 4 members (excludes halogenated alkanes) is 3. The van der Waals surface area contributed by atoms with Gasteiger partial charge in [-0.3, -0.25) is 19.7 Å². The predicted octanol–water partition coefficient (Wildman–Crippen LogP) is 7.08. The van der Waals surface area contributed by atoms with Crippen LogP contribution < -0.4 is 9.80 Å². The molecule has 0 saturated carbocycles. The lowest BCUT2D eigenvalue weighted by molar-refractivity contribution is -0.384. The van der Waals surface area contributed by atoms with E-state index >= 15 is 0 Å². The third kappa shape index (κ3) is 5.71. The molecule has 0 radical (unpaired) electrons. The molecular weight excluding hydrogens is 466 g/mol. The lowest BCUT2D eigenvalue weighted by Gasteiger charge is -2.43. The Balaban J connectivity index is 1.74. The average Bonchev–Trinajstić information content (AvgIpc) is 2.92. The molecule has 1 aliphatic heterocycles. The van der Waals surface area contributed by atoms with Crippen molar-refractivity contribution in [3.05, 3.63) is 100 Å². The molecule has 0 bridgehead atoms. The van der Waals surface area contributed by atoms with E-state index < -0.39 is 4.92 Å². The first-order valence-electron chi connectivity index (χ1n) is 13.0. The minimum absolute atomic E-state index is 0.0342. The van der Waals surface area contributed by atoms with Gasteiger partial charge in [-0.15, -0.1) is 0 Å². The standard InChI is InChI=1S/C30H33N3O4/c1-3-4-5-9-16-29(34)31-22(2)21-28(26-14-10-11-15-27(26)31)32(30(35)23-12-7-6-8-13-23)24-17-19-25(20-18-24)33(36)37/h6-8,10-15,17-20,22,28H,3-5,9,16,21H2,1-2H3/t22-,28-/m1/s1. The Morgan fingerprint density at radius 1 is 0.946 bits per heavy atom. The maximum Gasteiger partial charge on any atom is 0.269 e. The molecule has 192 valence electrons. The van der Waals surface area contributed by atoms with Crippen LogP contribution in [0.15, 0.2) is 78.9 Å². The first kappa shape index (κ1) is 26.1. The van der Waals surface area contributed by atoms with Crippen molar-refractivity contribution in [3.8, 4) is 0 Å². The molecular formula is C30H33N3O4. The van der Waals surface area contributed by atoms with Gasteiger partial charge in [-0.2, -0.15) is 0 Å². The number of benzene rings is 3. The van der Waals surface area contributed by atoms with Gasteiger partial charge < -0.3 is 9.80 Å². The highest BCUT2D eigenvalue weighted by Crippen LogP contribution is 2.43. The maximum absolute atomic E-state index is 13.9. The van der Waals surface area contributed by atoms with Crippen molar-refractivity contribution >= 4 is 28.9 Å². The van der Waals surface area contributed by atoms with E-state index in [0.717, 1.165) is 36.9 Å². The van der Waals surface area contributed by atoms with Crippen LogP contribution in [0.2, 0.25) is 0 Å². The Hall–Kier alpha value is -4.00. The SMILES string of the molecule is CCCCCCC(=O)N1c2ccccc2[C@H](N(C(=O)c2ccccc2)c2ccc([N+](=O)[O-])cc2)C[C@H]1C. The van der Waals surface area contributed by atoms with Gasteiger partial charge in [0.05, 0.1) is 11.0 Å². The number of nitro benzene ring substituents is 1. The zero-order valence-electron chi connectivity index (χ0n) is 21.4. The van der Waals surface area contributed by atoms with Crippen LogP contribution in [0.4, 0.5) is 17.1 Å².